The molecule has 1 rings (SSSR count). The smallest absolute Gasteiger partial charge is 0.191 e. The van der Waals surface area contributed by atoms with Crippen molar-refractivity contribution in [2.75, 3.05) is 33.2 Å². The number of rotatable bonds is 9. The Balaban J connectivity index is 0.00000361. The summed E-state index contributed by atoms with van der Waals surface area (Å²) in [4.78, 5) is 6.84. The summed E-state index contributed by atoms with van der Waals surface area (Å²) < 4.78 is 0. The van der Waals surface area contributed by atoms with E-state index in [-0.39, 0.29) is 24.0 Å². The Morgan fingerprint density at radius 3 is 2.30 bits per heavy atom. The van der Waals surface area contributed by atoms with E-state index >= 15 is 0 Å². The zero-order chi connectivity index (χ0) is 14.1. The maximum absolute atomic E-state index is 4.29. The van der Waals surface area contributed by atoms with Crippen LogP contribution in [0.25, 0.3) is 0 Å². The summed E-state index contributed by atoms with van der Waals surface area (Å²) in [6, 6.07) is 0.853. The lowest BCUT2D eigenvalue weighted by Crippen LogP contribution is -2.43. The maximum atomic E-state index is 4.29. The lowest BCUT2D eigenvalue weighted by molar-refractivity contribution is 0.282. The van der Waals surface area contributed by atoms with Gasteiger partial charge in [0.05, 0.1) is 0 Å². The van der Waals surface area contributed by atoms with Gasteiger partial charge < -0.3 is 10.6 Å². The van der Waals surface area contributed by atoms with Gasteiger partial charge in [-0.1, -0.05) is 33.6 Å². The minimum absolute atomic E-state index is 0. The fourth-order valence-electron chi connectivity index (χ4n) is 2.40. The summed E-state index contributed by atoms with van der Waals surface area (Å²) in [5.74, 6) is 1.69. The van der Waals surface area contributed by atoms with E-state index in [2.05, 4.69) is 41.3 Å². The average molecular weight is 396 g/mol. The number of guanidine groups is 1. The normalized spacial score (nSPS) is 15.4. The molecule has 1 saturated carbocycles. The van der Waals surface area contributed by atoms with Crippen molar-refractivity contribution < 1.29 is 0 Å². The number of aliphatic imine (C=N–C) groups is 1. The van der Waals surface area contributed by atoms with Gasteiger partial charge in [-0.15, -0.1) is 24.0 Å². The third-order valence-electron chi connectivity index (χ3n) is 4.10. The molecule has 4 nitrogen and oxygen atoms in total. The van der Waals surface area contributed by atoms with Crippen LogP contribution in [0.4, 0.5) is 0 Å². The van der Waals surface area contributed by atoms with Crippen LogP contribution in [0.5, 0.6) is 0 Å². The molecule has 0 unspecified atom stereocenters. The molecule has 0 saturated heterocycles. The lowest BCUT2D eigenvalue weighted by Gasteiger charge is -2.21. The van der Waals surface area contributed by atoms with Crippen LogP contribution in [0.1, 0.15) is 46.5 Å². The van der Waals surface area contributed by atoms with Crippen LogP contribution in [-0.2, 0) is 0 Å². The highest BCUT2D eigenvalue weighted by atomic mass is 127. The summed E-state index contributed by atoms with van der Waals surface area (Å²) in [5.41, 5.74) is 0. The third-order valence-corrected chi connectivity index (χ3v) is 4.10. The minimum atomic E-state index is 0. The van der Waals surface area contributed by atoms with Gasteiger partial charge >= 0.3 is 0 Å². The van der Waals surface area contributed by atoms with Crippen molar-refractivity contribution in [3.8, 4) is 0 Å². The molecule has 0 atom stereocenters. The first-order chi connectivity index (χ1) is 9.24. The molecule has 120 valence electrons. The number of nitrogens with zero attached hydrogens (tertiary/aromatic N) is 2. The molecule has 0 aromatic rings. The van der Waals surface area contributed by atoms with Crippen LogP contribution >= 0.6 is 24.0 Å². The Bertz CT molecular complexity index is 263. The number of nitrogens with one attached hydrogen (secondary N) is 2. The second-order valence-corrected chi connectivity index (χ2v) is 5.42. The number of hydrogen-bond donors (Lipinski definition) is 2. The van der Waals surface area contributed by atoms with Crippen LogP contribution in [-0.4, -0.2) is 50.1 Å². The molecule has 0 radical (unpaired) electrons. The second-order valence-electron chi connectivity index (χ2n) is 5.42. The Morgan fingerprint density at radius 2 is 1.85 bits per heavy atom. The quantitative estimate of drug-likeness (QED) is 0.358. The molecule has 0 amide bonds. The van der Waals surface area contributed by atoms with Crippen LogP contribution in [0.15, 0.2) is 4.99 Å². The Morgan fingerprint density at radius 1 is 1.20 bits per heavy atom. The molecule has 5 heteroatoms. The van der Waals surface area contributed by atoms with Crippen molar-refractivity contribution in [3.05, 3.63) is 0 Å². The zero-order valence-corrected chi connectivity index (χ0v) is 15.9. The fourth-order valence-corrected chi connectivity index (χ4v) is 2.40. The summed E-state index contributed by atoms with van der Waals surface area (Å²) in [7, 11) is 1.85. The molecule has 0 heterocycles. The molecular formula is C15H33IN4. The lowest BCUT2D eigenvalue weighted by atomic mass is 10.0. The van der Waals surface area contributed by atoms with E-state index in [1.807, 2.05) is 7.05 Å². The topological polar surface area (TPSA) is 39.7 Å². The van der Waals surface area contributed by atoms with Crippen molar-refractivity contribution in [1.82, 2.24) is 15.5 Å². The Hall–Kier alpha value is -0.0400. The molecular weight excluding hydrogens is 363 g/mol. The maximum Gasteiger partial charge on any atom is 0.191 e. The second kappa shape index (κ2) is 11.6. The van der Waals surface area contributed by atoms with E-state index in [1.165, 1.54) is 25.7 Å². The number of halogens is 1. The van der Waals surface area contributed by atoms with Crippen LogP contribution < -0.4 is 10.6 Å². The van der Waals surface area contributed by atoms with Crippen molar-refractivity contribution in [2.24, 2.45) is 10.9 Å². The highest BCUT2D eigenvalue weighted by Gasteiger charge is 2.27. The fraction of sp³-hybridized carbons (Fsp3) is 0.933. The van der Waals surface area contributed by atoms with Gasteiger partial charge in [0.2, 0.25) is 0 Å². The summed E-state index contributed by atoms with van der Waals surface area (Å²) >= 11 is 0. The summed E-state index contributed by atoms with van der Waals surface area (Å²) in [6.45, 7) is 11.0. The SMILES string of the molecule is CCC(CC)CNC(=NC)NCCN(CC)C1CC1.I. The zero-order valence-electron chi connectivity index (χ0n) is 13.6. The van der Waals surface area contributed by atoms with Gasteiger partial charge in [-0.25, -0.2) is 0 Å². The Labute approximate surface area is 142 Å². The van der Waals surface area contributed by atoms with Crippen molar-refractivity contribution in [3.63, 3.8) is 0 Å². The standard InChI is InChI=1S/C15H32N4.HI/c1-5-13(6-2)12-18-15(16-4)17-10-11-19(7-3)14-8-9-14;/h13-14H,5-12H2,1-4H3,(H2,16,17,18);1H. The predicted octanol–water partition coefficient (Wildman–Crippen LogP) is 2.69. The van der Waals surface area contributed by atoms with Crippen LogP contribution in [0, 0.1) is 5.92 Å². The molecule has 2 N–H and O–H groups in total. The van der Waals surface area contributed by atoms with Gasteiger partial charge in [0, 0.05) is 32.7 Å². The molecule has 1 aliphatic carbocycles. The van der Waals surface area contributed by atoms with E-state index in [4.69, 9.17) is 0 Å². The van der Waals surface area contributed by atoms with Gasteiger partial charge in [-0.2, -0.15) is 0 Å². The van der Waals surface area contributed by atoms with Gasteiger partial charge in [0.15, 0.2) is 5.96 Å². The molecule has 1 aliphatic rings. The largest absolute Gasteiger partial charge is 0.356 e. The van der Waals surface area contributed by atoms with Crippen molar-refractivity contribution >= 4 is 29.9 Å². The molecule has 20 heavy (non-hydrogen) atoms. The first-order valence-electron chi connectivity index (χ1n) is 7.93. The summed E-state index contributed by atoms with van der Waals surface area (Å²) in [6.07, 6.45) is 5.22. The van der Waals surface area contributed by atoms with Crippen molar-refractivity contribution in [2.45, 2.75) is 52.5 Å². The molecule has 0 aromatic heterocycles. The Kier molecular flexibility index (Phi) is 11.6. The van der Waals surface area contributed by atoms with Gasteiger partial charge in [-0.3, -0.25) is 9.89 Å². The van der Waals surface area contributed by atoms with Crippen molar-refractivity contribution in [1.29, 1.82) is 0 Å². The first kappa shape index (κ1) is 20.0. The van der Waals surface area contributed by atoms with Gasteiger partial charge in [0.1, 0.15) is 0 Å². The van der Waals surface area contributed by atoms with E-state index < -0.39 is 0 Å². The van der Waals surface area contributed by atoms with Gasteiger partial charge in [-0.05, 0) is 25.3 Å². The molecule has 1 fully saturated rings. The first-order valence-corrected chi connectivity index (χ1v) is 7.93. The van der Waals surface area contributed by atoms with Crippen LogP contribution in [0.2, 0.25) is 0 Å². The summed E-state index contributed by atoms with van der Waals surface area (Å²) in [5, 5.41) is 6.85. The van der Waals surface area contributed by atoms with E-state index in [0.717, 1.165) is 44.1 Å². The minimum Gasteiger partial charge on any atom is -0.356 e. The monoisotopic (exact) mass is 396 g/mol. The molecule has 0 bridgehead atoms. The average Bonchev–Trinajstić information content (AvgIpc) is 3.26. The third kappa shape index (κ3) is 7.67. The van der Waals surface area contributed by atoms with E-state index in [9.17, 15) is 0 Å². The highest BCUT2D eigenvalue weighted by Crippen LogP contribution is 2.25. The highest BCUT2D eigenvalue weighted by molar-refractivity contribution is 14.0. The molecule has 0 aromatic carbocycles. The van der Waals surface area contributed by atoms with E-state index in [1.54, 1.807) is 0 Å². The number of likely N-dealkylation sites (N-methyl/N-ethyl adjacent to an activating group) is 1. The van der Waals surface area contributed by atoms with E-state index in [0.29, 0.717) is 0 Å². The van der Waals surface area contributed by atoms with Gasteiger partial charge in [0.25, 0.3) is 0 Å². The molecule has 0 spiro atoms. The van der Waals surface area contributed by atoms with Crippen LogP contribution in [0.3, 0.4) is 0 Å². The predicted molar refractivity (Wildman–Crippen MR) is 99.1 cm³/mol. The molecule has 0 aliphatic heterocycles. The number of hydrogen-bond acceptors (Lipinski definition) is 2.